The Morgan fingerprint density at radius 1 is 0.971 bits per heavy atom. The van der Waals surface area contributed by atoms with Gasteiger partial charge in [0.2, 0.25) is 11.8 Å². The van der Waals surface area contributed by atoms with Crippen LogP contribution in [0, 0.1) is 29.3 Å². The van der Waals surface area contributed by atoms with Crippen LogP contribution >= 0.6 is 0 Å². The van der Waals surface area contributed by atoms with Crippen LogP contribution in [0.15, 0.2) is 28.7 Å². The molecule has 0 saturated heterocycles. The molecule has 0 bridgehead atoms. The van der Waals surface area contributed by atoms with Gasteiger partial charge in [-0.25, -0.2) is 13.2 Å². The number of hydrogen-bond donors (Lipinski definition) is 3. The van der Waals surface area contributed by atoms with E-state index in [2.05, 4.69) is 25.8 Å². The van der Waals surface area contributed by atoms with Gasteiger partial charge in [-0.2, -0.15) is 9.37 Å². The fourth-order valence-corrected chi connectivity index (χ4v) is 3.45. The molecule has 0 atom stereocenters. The van der Waals surface area contributed by atoms with E-state index >= 15 is 0 Å². The van der Waals surface area contributed by atoms with E-state index < -0.39 is 58.8 Å². The van der Waals surface area contributed by atoms with E-state index in [9.17, 15) is 27.2 Å². The molecule has 0 aliphatic heterocycles. The van der Waals surface area contributed by atoms with E-state index in [0.29, 0.717) is 37.8 Å². The smallest absolute Gasteiger partial charge is 0.320 e. The molecule has 14 heteroatoms. The van der Waals surface area contributed by atoms with Crippen molar-refractivity contribution in [2.24, 2.45) is 5.92 Å². The molecule has 35 heavy (non-hydrogen) atoms. The third-order valence-corrected chi connectivity index (χ3v) is 5.25. The minimum atomic E-state index is -1.39. The monoisotopic (exact) mass is 495 g/mol. The van der Waals surface area contributed by atoms with E-state index in [4.69, 9.17) is 14.3 Å². The second-order valence-electron chi connectivity index (χ2n) is 7.66. The Morgan fingerprint density at radius 2 is 1.69 bits per heavy atom. The molecule has 1 aliphatic rings. The number of aromatic nitrogens is 3. The maximum absolute atomic E-state index is 14.4. The highest BCUT2D eigenvalue weighted by Gasteiger charge is 2.27. The lowest BCUT2D eigenvalue weighted by Crippen LogP contribution is -2.28. The van der Waals surface area contributed by atoms with Crippen LogP contribution in [0.1, 0.15) is 36.4 Å². The van der Waals surface area contributed by atoms with Crippen LogP contribution < -0.4 is 15.4 Å². The molecule has 0 radical (unpaired) electrons. The van der Waals surface area contributed by atoms with Gasteiger partial charge in [-0.15, -0.1) is 5.10 Å². The van der Waals surface area contributed by atoms with E-state index in [1.807, 2.05) is 0 Å². The third-order valence-electron chi connectivity index (χ3n) is 5.25. The van der Waals surface area contributed by atoms with Crippen LogP contribution in [0.4, 0.5) is 35.0 Å². The first kappa shape index (κ1) is 23.9. The summed E-state index contributed by atoms with van der Waals surface area (Å²) in [5, 5.41) is 20.3. The number of nitrogens with one attached hydrogen (secondary N) is 2. The Labute approximate surface area is 194 Å². The number of carboxylic acid groups (broad SMARTS) is 1. The quantitative estimate of drug-likeness (QED) is 0.252. The van der Waals surface area contributed by atoms with Crippen LogP contribution in [0.5, 0.6) is 5.88 Å². The molecular formula is C21H17F4N5O5. The van der Waals surface area contributed by atoms with Gasteiger partial charge in [0.1, 0.15) is 11.9 Å². The molecule has 1 saturated carbocycles. The number of hydrogen-bond acceptors (Lipinski definition) is 8. The lowest BCUT2D eigenvalue weighted by atomic mass is 9.87. The van der Waals surface area contributed by atoms with E-state index in [1.165, 1.54) is 12.1 Å². The lowest BCUT2D eigenvalue weighted by Gasteiger charge is -2.26. The largest absolute Gasteiger partial charge is 0.481 e. The number of carbonyl (C=O) groups is 2. The predicted molar refractivity (Wildman–Crippen MR) is 110 cm³/mol. The Morgan fingerprint density at radius 3 is 2.37 bits per heavy atom. The maximum atomic E-state index is 14.4. The first-order valence-corrected chi connectivity index (χ1v) is 10.3. The van der Waals surface area contributed by atoms with Gasteiger partial charge in [-0.3, -0.25) is 9.59 Å². The highest BCUT2D eigenvalue weighted by atomic mass is 19.2. The molecule has 1 amide bonds. The van der Waals surface area contributed by atoms with Crippen molar-refractivity contribution in [3.05, 3.63) is 53.6 Å². The predicted octanol–water partition coefficient (Wildman–Crippen LogP) is 4.04. The third kappa shape index (κ3) is 5.65. The zero-order valence-corrected chi connectivity index (χ0v) is 17.7. The molecule has 1 aliphatic carbocycles. The van der Waals surface area contributed by atoms with Crippen molar-refractivity contribution in [2.75, 3.05) is 10.6 Å². The van der Waals surface area contributed by atoms with Crippen LogP contribution in [0.3, 0.4) is 0 Å². The number of pyridine rings is 1. The molecular weight excluding hydrogens is 478 g/mol. The number of ether oxygens (including phenoxy) is 1. The fraction of sp³-hybridized carbons (Fsp3) is 0.286. The first-order chi connectivity index (χ1) is 16.7. The van der Waals surface area contributed by atoms with Crippen molar-refractivity contribution < 1.29 is 41.4 Å². The van der Waals surface area contributed by atoms with Crippen molar-refractivity contribution in [1.29, 1.82) is 0 Å². The summed E-state index contributed by atoms with van der Waals surface area (Å²) in [5.41, 5.74) is -0.835. The van der Waals surface area contributed by atoms with E-state index in [0.717, 1.165) is 0 Å². The number of benzene rings is 1. The molecule has 184 valence electrons. The van der Waals surface area contributed by atoms with Gasteiger partial charge in [0.15, 0.2) is 11.6 Å². The topological polar surface area (TPSA) is 139 Å². The number of halogens is 4. The van der Waals surface area contributed by atoms with Crippen molar-refractivity contribution in [2.45, 2.75) is 31.8 Å². The Kier molecular flexibility index (Phi) is 6.80. The van der Waals surface area contributed by atoms with Crippen molar-refractivity contribution >= 4 is 29.3 Å². The van der Waals surface area contributed by atoms with Crippen LogP contribution in [-0.2, 0) is 4.79 Å². The molecule has 3 aromatic rings. The molecule has 2 heterocycles. The summed E-state index contributed by atoms with van der Waals surface area (Å²) < 4.78 is 65.0. The average Bonchev–Trinajstić information content (AvgIpc) is 3.28. The Bertz CT molecular complexity index is 1260. The van der Waals surface area contributed by atoms with Crippen LogP contribution in [-0.4, -0.2) is 38.3 Å². The van der Waals surface area contributed by atoms with Gasteiger partial charge >= 0.3 is 23.8 Å². The standard InChI is InChI=1S/C21H17F4N5O5/c22-11-7-13(24)15(8-12(11)23)27-21-30-29-19(35-21)18(31)26-14-5-6-16(28-17(14)25)34-10-3-1-9(2-4-10)20(32)33/h5-10H,1-4H2,(H,26,31)(H,27,30)(H,32,33). The van der Waals surface area contributed by atoms with Gasteiger partial charge in [-0.1, -0.05) is 5.10 Å². The van der Waals surface area contributed by atoms with Gasteiger partial charge < -0.3 is 24.9 Å². The number of aliphatic carboxylic acids is 1. The lowest BCUT2D eigenvalue weighted by molar-refractivity contribution is -0.143. The SMILES string of the molecule is O=C(Nc1ccc(OC2CCC(C(=O)O)CC2)nc1F)c1nnc(Nc2cc(F)c(F)cc2F)o1. The molecule has 0 spiro atoms. The van der Waals surface area contributed by atoms with Gasteiger partial charge in [0.05, 0.1) is 17.3 Å². The molecule has 1 fully saturated rings. The van der Waals surface area contributed by atoms with Crippen molar-refractivity contribution in [3.63, 3.8) is 0 Å². The minimum Gasteiger partial charge on any atom is -0.481 e. The van der Waals surface area contributed by atoms with Crippen LogP contribution in [0.2, 0.25) is 0 Å². The minimum absolute atomic E-state index is 0.0305. The summed E-state index contributed by atoms with van der Waals surface area (Å²) in [4.78, 5) is 27.0. The summed E-state index contributed by atoms with van der Waals surface area (Å²) in [6.45, 7) is 0. The second kappa shape index (κ2) is 9.95. The molecule has 0 unspecified atom stereocenters. The van der Waals surface area contributed by atoms with Gasteiger partial charge in [0, 0.05) is 18.2 Å². The normalized spacial score (nSPS) is 17.6. The number of rotatable bonds is 7. The number of carbonyl (C=O) groups excluding carboxylic acids is 1. The fourth-order valence-electron chi connectivity index (χ4n) is 3.45. The van der Waals surface area contributed by atoms with Crippen molar-refractivity contribution in [1.82, 2.24) is 15.2 Å². The highest BCUT2D eigenvalue weighted by molar-refractivity contribution is 6.00. The summed E-state index contributed by atoms with van der Waals surface area (Å²) >= 11 is 0. The second-order valence-corrected chi connectivity index (χ2v) is 7.66. The van der Waals surface area contributed by atoms with Crippen molar-refractivity contribution in [3.8, 4) is 5.88 Å². The number of carboxylic acids is 1. The molecule has 2 aromatic heterocycles. The average molecular weight is 495 g/mol. The Hall–Kier alpha value is -4.23. The molecule has 3 N–H and O–H groups in total. The van der Waals surface area contributed by atoms with E-state index in [1.54, 1.807) is 0 Å². The van der Waals surface area contributed by atoms with E-state index in [-0.39, 0.29) is 17.7 Å². The van der Waals surface area contributed by atoms with Crippen LogP contribution in [0.25, 0.3) is 0 Å². The summed E-state index contributed by atoms with van der Waals surface area (Å²) in [6, 6.07) is 2.86. The molecule has 1 aromatic carbocycles. The first-order valence-electron chi connectivity index (χ1n) is 10.3. The number of anilines is 3. The Balaban J connectivity index is 1.36. The number of amides is 1. The summed E-state index contributed by atoms with van der Waals surface area (Å²) in [7, 11) is 0. The van der Waals surface area contributed by atoms with Gasteiger partial charge in [0.25, 0.3) is 0 Å². The van der Waals surface area contributed by atoms with Gasteiger partial charge in [-0.05, 0) is 31.7 Å². The summed E-state index contributed by atoms with van der Waals surface area (Å²) in [6.07, 6.45) is 1.56. The number of nitrogens with zero attached hydrogens (tertiary/aromatic N) is 3. The molecule has 10 nitrogen and oxygen atoms in total. The molecule has 4 rings (SSSR count). The maximum Gasteiger partial charge on any atom is 0.320 e. The zero-order chi connectivity index (χ0) is 25.1. The zero-order valence-electron chi connectivity index (χ0n) is 17.7. The summed E-state index contributed by atoms with van der Waals surface area (Å²) in [5.74, 6) is -7.87. The highest BCUT2D eigenvalue weighted by Crippen LogP contribution is 2.28.